The lowest BCUT2D eigenvalue weighted by molar-refractivity contribution is 0.772. The van der Waals surface area contributed by atoms with Gasteiger partial charge in [-0.25, -0.2) is 0 Å². The first kappa shape index (κ1) is 14.3. The van der Waals surface area contributed by atoms with Gasteiger partial charge in [0.25, 0.3) is 0 Å². The number of thiocarbonyl (C=S) groups is 1. The van der Waals surface area contributed by atoms with Crippen LogP contribution in [-0.2, 0) is 0 Å². The van der Waals surface area contributed by atoms with Crippen LogP contribution in [0.5, 0.6) is 0 Å². The van der Waals surface area contributed by atoms with Gasteiger partial charge < -0.3 is 11.1 Å². The molecule has 0 saturated carbocycles. The quantitative estimate of drug-likeness (QED) is 0.777. The molecule has 3 N–H and O–H groups in total. The largest absolute Gasteiger partial charge is 0.389 e. The lowest BCUT2D eigenvalue weighted by atomic mass is 10.1. The Labute approximate surface area is 113 Å². The molecule has 0 aliphatic heterocycles. The third kappa shape index (κ3) is 4.56. The number of nitrogens with one attached hydrogen (secondary N) is 1. The van der Waals surface area contributed by atoms with Crippen LogP contribution in [0, 0.1) is 6.92 Å². The summed E-state index contributed by atoms with van der Waals surface area (Å²) in [5.41, 5.74) is 8.90. The molecule has 4 heteroatoms. The van der Waals surface area contributed by atoms with Crippen LogP contribution in [0.15, 0.2) is 18.2 Å². The van der Waals surface area contributed by atoms with Crippen molar-refractivity contribution in [3.05, 3.63) is 29.3 Å². The highest BCUT2D eigenvalue weighted by Crippen LogP contribution is 2.19. The standard InChI is InChI=1S/C13H20N2S2/c1-9-4-5-12(11(8-9)13(14)16)15-10(2)6-7-17-3/h4-5,8,10,15H,6-7H2,1-3H3,(H2,14,16). The number of hydrogen-bond donors (Lipinski definition) is 2. The van der Waals surface area contributed by atoms with Crippen LogP contribution in [0.4, 0.5) is 5.69 Å². The lowest BCUT2D eigenvalue weighted by Crippen LogP contribution is -2.20. The Bertz CT molecular complexity index is 391. The Morgan fingerprint density at radius 1 is 1.53 bits per heavy atom. The van der Waals surface area contributed by atoms with Gasteiger partial charge in [-0.2, -0.15) is 11.8 Å². The van der Waals surface area contributed by atoms with Gasteiger partial charge in [-0.15, -0.1) is 0 Å². The zero-order valence-electron chi connectivity index (χ0n) is 10.6. The van der Waals surface area contributed by atoms with E-state index >= 15 is 0 Å². The summed E-state index contributed by atoms with van der Waals surface area (Å²) in [6, 6.07) is 6.59. The monoisotopic (exact) mass is 268 g/mol. The van der Waals surface area contributed by atoms with Crippen LogP contribution in [0.2, 0.25) is 0 Å². The van der Waals surface area contributed by atoms with Crippen LogP contribution in [-0.4, -0.2) is 23.0 Å². The first-order valence-electron chi connectivity index (χ1n) is 5.70. The Morgan fingerprint density at radius 3 is 2.82 bits per heavy atom. The van der Waals surface area contributed by atoms with Gasteiger partial charge in [0.2, 0.25) is 0 Å². The molecule has 0 heterocycles. The van der Waals surface area contributed by atoms with Gasteiger partial charge in [-0.3, -0.25) is 0 Å². The molecule has 1 unspecified atom stereocenters. The van der Waals surface area contributed by atoms with Crippen molar-refractivity contribution in [1.29, 1.82) is 0 Å². The minimum atomic E-state index is 0.429. The van der Waals surface area contributed by atoms with Crippen LogP contribution in [0.25, 0.3) is 0 Å². The van der Waals surface area contributed by atoms with E-state index in [1.54, 1.807) is 0 Å². The van der Waals surface area contributed by atoms with E-state index in [-0.39, 0.29) is 0 Å². The second kappa shape index (κ2) is 6.87. The summed E-state index contributed by atoms with van der Waals surface area (Å²) in [5.74, 6) is 1.16. The normalized spacial score (nSPS) is 12.2. The summed E-state index contributed by atoms with van der Waals surface area (Å²) in [4.78, 5) is 0.452. The van der Waals surface area contributed by atoms with E-state index in [2.05, 4.69) is 30.6 Å². The number of benzene rings is 1. The van der Waals surface area contributed by atoms with Crippen molar-refractivity contribution in [1.82, 2.24) is 0 Å². The molecule has 0 radical (unpaired) electrons. The Hall–Kier alpha value is -0.740. The highest BCUT2D eigenvalue weighted by atomic mass is 32.2. The summed E-state index contributed by atoms with van der Waals surface area (Å²) in [5, 5.41) is 3.47. The van der Waals surface area contributed by atoms with Gasteiger partial charge in [0.1, 0.15) is 4.99 Å². The first-order valence-corrected chi connectivity index (χ1v) is 7.50. The molecule has 17 heavy (non-hydrogen) atoms. The zero-order valence-corrected chi connectivity index (χ0v) is 12.3. The molecule has 0 fully saturated rings. The average Bonchev–Trinajstić information content (AvgIpc) is 2.28. The van der Waals surface area contributed by atoms with E-state index in [4.69, 9.17) is 18.0 Å². The molecule has 1 aromatic carbocycles. The first-order chi connectivity index (χ1) is 8.04. The maximum atomic E-state index is 5.75. The minimum absolute atomic E-state index is 0.429. The van der Waals surface area contributed by atoms with Crippen LogP contribution in [0.1, 0.15) is 24.5 Å². The molecule has 2 nitrogen and oxygen atoms in total. The highest BCUT2D eigenvalue weighted by Gasteiger charge is 2.08. The van der Waals surface area contributed by atoms with Gasteiger partial charge in [-0.05, 0) is 44.4 Å². The molecule has 0 saturated heterocycles. The van der Waals surface area contributed by atoms with E-state index in [0.29, 0.717) is 11.0 Å². The van der Waals surface area contributed by atoms with Crippen molar-refractivity contribution < 1.29 is 0 Å². The summed E-state index contributed by atoms with van der Waals surface area (Å²) < 4.78 is 0. The predicted molar refractivity (Wildman–Crippen MR) is 83.2 cm³/mol. The van der Waals surface area contributed by atoms with Gasteiger partial charge in [0, 0.05) is 17.3 Å². The van der Waals surface area contributed by atoms with Gasteiger partial charge in [0.05, 0.1) is 0 Å². The molecular weight excluding hydrogens is 248 g/mol. The second-order valence-corrected chi connectivity index (χ2v) is 5.67. The Morgan fingerprint density at radius 2 is 2.24 bits per heavy atom. The van der Waals surface area contributed by atoms with Crippen molar-refractivity contribution in [2.24, 2.45) is 5.73 Å². The molecule has 0 amide bonds. The SMILES string of the molecule is CSCCC(C)Nc1ccc(C)cc1C(N)=S. The van der Waals surface area contributed by atoms with Gasteiger partial charge in [0.15, 0.2) is 0 Å². The van der Waals surface area contributed by atoms with Gasteiger partial charge >= 0.3 is 0 Å². The van der Waals surface area contributed by atoms with Crippen molar-refractivity contribution in [3.63, 3.8) is 0 Å². The number of rotatable bonds is 6. The van der Waals surface area contributed by atoms with Crippen molar-refractivity contribution >= 4 is 34.7 Å². The zero-order chi connectivity index (χ0) is 12.8. The van der Waals surface area contributed by atoms with Gasteiger partial charge in [-0.1, -0.05) is 23.8 Å². The van der Waals surface area contributed by atoms with Crippen molar-refractivity contribution in [2.45, 2.75) is 26.3 Å². The van der Waals surface area contributed by atoms with E-state index in [1.807, 2.05) is 24.8 Å². The lowest BCUT2D eigenvalue weighted by Gasteiger charge is -2.17. The van der Waals surface area contributed by atoms with E-state index in [1.165, 1.54) is 5.56 Å². The fourth-order valence-electron chi connectivity index (χ4n) is 1.62. The summed E-state index contributed by atoms with van der Waals surface area (Å²) in [6.45, 7) is 4.22. The van der Waals surface area contributed by atoms with E-state index < -0.39 is 0 Å². The second-order valence-electron chi connectivity index (χ2n) is 4.24. The summed E-state index contributed by atoms with van der Waals surface area (Å²) >= 11 is 6.95. The molecule has 0 aliphatic rings. The number of thioether (sulfide) groups is 1. The molecule has 0 bridgehead atoms. The molecule has 94 valence electrons. The number of hydrogen-bond acceptors (Lipinski definition) is 3. The smallest absolute Gasteiger partial charge is 0.106 e. The number of aryl methyl sites for hydroxylation is 1. The summed E-state index contributed by atoms with van der Waals surface area (Å²) in [7, 11) is 0. The highest BCUT2D eigenvalue weighted by molar-refractivity contribution is 7.98. The number of anilines is 1. The third-order valence-corrected chi connectivity index (χ3v) is 3.46. The van der Waals surface area contributed by atoms with E-state index in [0.717, 1.165) is 23.4 Å². The molecule has 0 aliphatic carbocycles. The molecule has 1 rings (SSSR count). The maximum Gasteiger partial charge on any atom is 0.106 e. The van der Waals surface area contributed by atoms with Crippen molar-refractivity contribution in [3.8, 4) is 0 Å². The van der Waals surface area contributed by atoms with Crippen molar-refractivity contribution in [2.75, 3.05) is 17.3 Å². The number of nitrogens with two attached hydrogens (primary N) is 1. The maximum absolute atomic E-state index is 5.75. The Balaban J connectivity index is 2.79. The fourth-order valence-corrected chi connectivity index (χ4v) is 2.38. The van der Waals surface area contributed by atoms with Crippen LogP contribution >= 0.6 is 24.0 Å². The molecule has 1 atom stereocenters. The van der Waals surface area contributed by atoms with Crippen LogP contribution in [0.3, 0.4) is 0 Å². The summed E-state index contributed by atoms with van der Waals surface area (Å²) in [6.07, 6.45) is 3.25. The molecule has 0 aromatic heterocycles. The van der Waals surface area contributed by atoms with Crippen LogP contribution < -0.4 is 11.1 Å². The molecule has 0 spiro atoms. The Kier molecular flexibility index (Phi) is 5.78. The topological polar surface area (TPSA) is 38.0 Å². The third-order valence-electron chi connectivity index (χ3n) is 2.60. The molecule has 1 aromatic rings. The fraction of sp³-hybridized carbons (Fsp3) is 0.462. The average molecular weight is 268 g/mol. The minimum Gasteiger partial charge on any atom is -0.389 e. The predicted octanol–water partition coefficient (Wildman–Crippen LogP) is 3.18. The molecular formula is C13H20N2S2. The van der Waals surface area contributed by atoms with E-state index in [9.17, 15) is 0 Å².